The van der Waals surface area contributed by atoms with Gasteiger partial charge in [0.1, 0.15) is 6.10 Å². The quantitative estimate of drug-likeness (QED) is 0.875. The van der Waals surface area contributed by atoms with Crippen molar-refractivity contribution < 1.29 is 14.3 Å². The van der Waals surface area contributed by atoms with E-state index in [9.17, 15) is 9.59 Å². The van der Waals surface area contributed by atoms with Crippen LogP contribution in [-0.2, 0) is 14.3 Å². The van der Waals surface area contributed by atoms with Gasteiger partial charge in [-0.3, -0.25) is 9.59 Å². The molecule has 6 nitrogen and oxygen atoms in total. The number of nitrogens with one attached hydrogen (secondary N) is 2. The Labute approximate surface area is 135 Å². The fourth-order valence-electron chi connectivity index (χ4n) is 2.60. The van der Waals surface area contributed by atoms with Gasteiger partial charge in [-0.15, -0.1) is 12.4 Å². The summed E-state index contributed by atoms with van der Waals surface area (Å²) in [6.07, 6.45) is 1.08. The van der Waals surface area contributed by atoms with Crippen LogP contribution >= 0.6 is 12.4 Å². The van der Waals surface area contributed by atoms with E-state index in [4.69, 9.17) is 4.74 Å². The normalized spacial score (nSPS) is 21.4. The number of amides is 2. The van der Waals surface area contributed by atoms with E-state index < -0.39 is 6.10 Å². The number of morpholine rings is 1. The zero-order valence-electron chi connectivity index (χ0n) is 12.2. The monoisotopic (exact) mass is 325 g/mol. The number of carbonyl (C=O) groups excluding carboxylic acids is 2. The Bertz CT molecular complexity index is 529. The molecule has 2 amide bonds. The molecule has 2 fully saturated rings. The van der Waals surface area contributed by atoms with Crippen LogP contribution in [0.1, 0.15) is 12.8 Å². The van der Waals surface area contributed by atoms with E-state index in [1.165, 1.54) is 0 Å². The van der Waals surface area contributed by atoms with Gasteiger partial charge in [0.05, 0.1) is 6.61 Å². The summed E-state index contributed by atoms with van der Waals surface area (Å²) in [5.41, 5.74) is 1.59. The molecule has 1 unspecified atom stereocenters. The van der Waals surface area contributed by atoms with Gasteiger partial charge in [-0.05, 0) is 30.7 Å². The van der Waals surface area contributed by atoms with Gasteiger partial charge in [0.25, 0.3) is 5.91 Å². The molecule has 2 heterocycles. The van der Waals surface area contributed by atoms with Gasteiger partial charge in [0.15, 0.2) is 0 Å². The van der Waals surface area contributed by atoms with Crippen molar-refractivity contribution in [3.63, 3.8) is 0 Å². The van der Waals surface area contributed by atoms with E-state index in [0.717, 1.165) is 25.2 Å². The zero-order chi connectivity index (χ0) is 14.7. The molecular formula is C15H20ClN3O3. The molecular weight excluding hydrogens is 306 g/mol. The van der Waals surface area contributed by atoms with E-state index >= 15 is 0 Å². The molecule has 0 aliphatic carbocycles. The molecule has 1 atom stereocenters. The molecule has 7 heteroatoms. The summed E-state index contributed by atoms with van der Waals surface area (Å²) in [5, 5.41) is 5.96. The molecule has 2 saturated heterocycles. The number of hydrogen-bond acceptors (Lipinski definition) is 4. The first-order valence-electron chi connectivity index (χ1n) is 7.28. The van der Waals surface area contributed by atoms with Crippen molar-refractivity contribution in [1.29, 1.82) is 0 Å². The standard InChI is InChI=1S/C15H19N3O3.ClH/c19-14-2-1-8-18(14)12-5-3-11(4-6-12)17-15(20)13-10-16-7-9-21-13;/h3-6,13,16H,1-2,7-10H2,(H,17,20);1H. The Balaban J connectivity index is 0.00000176. The molecule has 1 aromatic rings. The maximum absolute atomic E-state index is 12.0. The second-order valence-electron chi connectivity index (χ2n) is 5.25. The third-order valence-corrected chi connectivity index (χ3v) is 3.74. The topological polar surface area (TPSA) is 70.7 Å². The predicted molar refractivity (Wildman–Crippen MR) is 86.5 cm³/mol. The Morgan fingerprint density at radius 1 is 1.32 bits per heavy atom. The molecule has 22 heavy (non-hydrogen) atoms. The largest absolute Gasteiger partial charge is 0.366 e. The maximum Gasteiger partial charge on any atom is 0.254 e. The minimum atomic E-state index is -0.446. The molecule has 0 saturated carbocycles. The number of benzene rings is 1. The average Bonchev–Trinajstić information content (AvgIpc) is 2.95. The number of hydrogen-bond donors (Lipinski definition) is 2. The van der Waals surface area contributed by atoms with Gasteiger partial charge in [-0.2, -0.15) is 0 Å². The van der Waals surface area contributed by atoms with Crippen LogP contribution in [0.4, 0.5) is 11.4 Å². The second kappa shape index (κ2) is 7.58. The summed E-state index contributed by atoms with van der Waals surface area (Å²) >= 11 is 0. The van der Waals surface area contributed by atoms with Crippen LogP contribution in [0.5, 0.6) is 0 Å². The summed E-state index contributed by atoms with van der Waals surface area (Å²) < 4.78 is 5.40. The van der Waals surface area contributed by atoms with Gasteiger partial charge in [0, 0.05) is 37.4 Å². The van der Waals surface area contributed by atoms with Crippen LogP contribution in [0.15, 0.2) is 24.3 Å². The fourth-order valence-corrected chi connectivity index (χ4v) is 2.60. The Morgan fingerprint density at radius 3 is 2.68 bits per heavy atom. The number of nitrogens with zero attached hydrogens (tertiary/aromatic N) is 1. The van der Waals surface area contributed by atoms with Gasteiger partial charge < -0.3 is 20.3 Å². The minimum Gasteiger partial charge on any atom is -0.366 e. The Kier molecular flexibility index (Phi) is 5.76. The second-order valence-corrected chi connectivity index (χ2v) is 5.25. The van der Waals surface area contributed by atoms with Crippen molar-refractivity contribution >= 4 is 35.6 Å². The van der Waals surface area contributed by atoms with E-state index in [0.29, 0.717) is 25.3 Å². The molecule has 1 aromatic carbocycles. The molecule has 2 aliphatic heterocycles. The van der Waals surface area contributed by atoms with Gasteiger partial charge in [0.2, 0.25) is 5.91 Å². The Morgan fingerprint density at radius 2 is 2.09 bits per heavy atom. The first kappa shape index (κ1) is 16.7. The van der Waals surface area contributed by atoms with Gasteiger partial charge in [-0.25, -0.2) is 0 Å². The third-order valence-electron chi connectivity index (χ3n) is 3.74. The van der Waals surface area contributed by atoms with E-state index in [-0.39, 0.29) is 24.2 Å². The average molecular weight is 326 g/mol. The number of ether oxygens (including phenoxy) is 1. The van der Waals surface area contributed by atoms with E-state index in [1.54, 1.807) is 4.90 Å². The van der Waals surface area contributed by atoms with Gasteiger partial charge in [-0.1, -0.05) is 0 Å². The first-order valence-corrected chi connectivity index (χ1v) is 7.28. The SMILES string of the molecule is Cl.O=C(Nc1ccc(N2CCCC2=O)cc1)C1CNCCO1. The van der Waals surface area contributed by atoms with Crippen LogP contribution in [0, 0.1) is 0 Å². The molecule has 120 valence electrons. The fraction of sp³-hybridized carbons (Fsp3) is 0.467. The third kappa shape index (κ3) is 3.76. The van der Waals surface area contributed by atoms with Crippen LogP contribution in [-0.4, -0.2) is 44.2 Å². The lowest BCUT2D eigenvalue weighted by Gasteiger charge is -2.23. The Hall–Kier alpha value is -1.63. The predicted octanol–water partition coefficient (Wildman–Crippen LogP) is 1.16. The number of carbonyl (C=O) groups is 2. The van der Waals surface area contributed by atoms with Crippen molar-refractivity contribution in [2.75, 3.05) is 36.5 Å². The summed E-state index contributed by atoms with van der Waals surface area (Å²) in [6.45, 7) is 2.63. The zero-order valence-corrected chi connectivity index (χ0v) is 13.0. The number of rotatable bonds is 3. The summed E-state index contributed by atoms with van der Waals surface area (Å²) in [6, 6.07) is 7.35. The van der Waals surface area contributed by atoms with Crippen molar-refractivity contribution in [3.8, 4) is 0 Å². The highest BCUT2D eigenvalue weighted by molar-refractivity contribution is 5.97. The van der Waals surface area contributed by atoms with Crippen molar-refractivity contribution in [2.24, 2.45) is 0 Å². The smallest absolute Gasteiger partial charge is 0.254 e. The molecule has 2 aliphatic rings. The van der Waals surface area contributed by atoms with E-state index in [2.05, 4.69) is 10.6 Å². The lowest BCUT2D eigenvalue weighted by atomic mass is 10.2. The highest BCUT2D eigenvalue weighted by atomic mass is 35.5. The summed E-state index contributed by atoms with van der Waals surface area (Å²) in [5.74, 6) is 0.0145. The molecule has 0 bridgehead atoms. The molecule has 2 N–H and O–H groups in total. The lowest BCUT2D eigenvalue weighted by molar-refractivity contribution is -0.128. The van der Waals surface area contributed by atoms with E-state index in [1.807, 2.05) is 24.3 Å². The first-order chi connectivity index (χ1) is 10.2. The summed E-state index contributed by atoms with van der Waals surface area (Å²) in [4.78, 5) is 25.5. The van der Waals surface area contributed by atoms with Crippen LogP contribution in [0.3, 0.4) is 0 Å². The summed E-state index contributed by atoms with van der Waals surface area (Å²) in [7, 11) is 0. The maximum atomic E-state index is 12.0. The van der Waals surface area contributed by atoms with Crippen LogP contribution < -0.4 is 15.5 Å². The van der Waals surface area contributed by atoms with Crippen molar-refractivity contribution in [2.45, 2.75) is 18.9 Å². The minimum absolute atomic E-state index is 0. The lowest BCUT2D eigenvalue weighted by Crippen LogP contribution is -2.45. The molecule has 0 aromatic heterocycles. The highest BCUT2D eigenvalue weighted by Crippen LogP contribution is 2.23. The van der Waals surface area contributed by atoms with Crippen molar-refractivity contribution in [3.05, 3.63) is 24.3 Å². The molecule has 0 spiro atoms. The molecule has 0 radical (unpaired) electrons. The highest BCUT2D eigenvalue weighted by Gasteiger charge is 2.23. The van der Waals surface area contributed by atoms with Crippen LogP contribution in [0.2, 0.25) is 0 Å². The van der Waals surface area contributed by atoms with Crippen molar-refractivity contribution in [1.82, 2.24) is 5.32 Å². The molecule has 3 rings (SSSR count). The van der Waals surface area contributed by atoms with Crippen LogP contribution in [0.25, 0.3) is 0 Å². The number of halogens is 1. The number of anilines is 2. The van der Waals surface area contributed by atoms with Gasteiger partial charge >= 0.3 is 0 Å².